The summed E-state index contributed by atoms with van der Waals surface area (Å²) >= 11 is 0. The first-order chi connectivity index (χ1) is 18.3. The van der Waals surface area contributed by atoms with Crippen LogP contribution in [0.2, 0.25) is 0 Å². The number of amides is 3. The fourth-order valence-corrected chi connectivity index (χ4v) is 5.58. The molecule has 1 aromatic heterocycles. The molecule has 3 aromatic rings. The van der Waals surface area contributed by atoms with Gasteiger partial charge in [-0.25, -0.2) is 0 Å². The van der Waals surface area contributed by atoms with Gasteiger partial charge in [-0.15, -0.1) is 0 Å². The number of methoxy groups -OCH3 is 1. The van der Waals surface area contributed by atoms with E-state index >= 15 is 0 Å². The molecule has 38 heavy (non-hydrogen) atoms. The monoisotopic (exact) mass is 517 g/mol. The Bertz CT molecular complexity index is 1370. The zero-order valence-electron chi connectivity index (χ0n) is 22.3. The molecule has 2 aliphatic rings. The summed E-state index contributed by atoms with van der Waals surface area (Å²) in [6.07, 6.45) is 6.31. The van der Waals surface area contributed by atoms with Crippen LogP contribution in [-0.4, -0.2) is 42.3 Å². The minimum absolute atomic E-state index is 0.0534. The predicted molar refractivity (Wildman–Crippen MR) is 144 cm³/mol. The van der Waals surface area contributed by atoms with Crippen LogP contribution in [0.25, 0.3) is 11.0 Å². The number of nitrogens with zero attached hydrogens (tertiary/aromatic N) is 1. The molecule has 1 fully saturated rings. The number of carbonyl (C=O) groups is 3. The predicted octanol–water partition coefficient (Wildman–Crippen LogP) is 4.44. The van der Waals surface area contributed by atoms with Crippen molar-refractivity contribution in [2.24, 2.45) is 0 Å². The van der Waals surface area contributed by atoms with Crippen molar-refractivity contribution in [2.45, 2.75) is 70.5 Å². The highest BCUT2D eigenvalue weighted by molar-refractivity contribution is 6.02. The molecule has 0 bridgehead atoms. The van der Waals surface area contributed by atoms with Crippen LogP contribution in [-0.2, 0) is 28.1 Å². The first-order valence-electron chi connectivity index (χ1n) is 13.3. The minimum Gasteiger partial charge on any atom is -0.497 e. The molecule has 1 aliphatic carbocycles. The second-order valence-corrected chi connectivity index (χ2v) is 10.7. The molecular formula is C30H35N3O5. The Morgan fingerprint density at radius 1 is 1.11 bits per heavy atom. The first-order valence-corrected chi connectivity index (χ1v) is 13.3. The summed E-state index contributed by atoms with van der Waals surface area (Å²) in [7, 11) is 1.56. The maximum absolute atomic E-state index is 13.4. The van der Waals surface area contributed by atoms with Crippen LogP contribution in [0.1, 0.15) is 73.2 Å². The quantitative estimate of drug-likeness (QED) is 0.458. The van der Waals surface area contributed by atoms with Crippen LogP contribution in [0.15, 0.2) is 46.9 Å². The van der Waals surface area contributed by atoms with Gasteiger partial charge in [0.2, 0.25) is 11.8 Å². The topological polar surface area (TPSA) is 101 Å². The van der Waals surface area contributed by atoms with Crippen molar-refractivity contribution in [3.63, 3.8) is 0 Å². The maximum Gasteiger partial charge on any atom is 0.254 e. The summed E-state index contributed by atoms with van der Waals surface area (Å²) in [5.41, 5.74) is 1.93. The number of hydrogen-bond donors (Lipinski definition) is 2. The van der Waals surface area contributed by atoms with Gasteiger partial charge < -0.3 is 19.4 Å². The van der Waals surface area contributed by atoms with Crippen molar-refractivity contribution >= 4 is 28.7 Å². The van der Waals surface area contributed by atoms with Gasteiger partial charge >= 0.3 is 0 Å². The van der Waals surface area contributed by atoms with Crippen LogP contribution in [0.5, 0.6) is 5.75 Å². The lowest BCUT2D eigenvalue weighted by Gasteiger charge is -2.30. The van der Waals surface area contributed by atoms with E-state index in [-0.39, 0.29) is 12.5 Å². The molecule has 1 aliphatic heterocycles. The second-order valence-electron chi connectivity index (χ2n) is 10.7. The number of hydrogen-bond acceptors (Lipinski definition) is 6. The number of ether oxygens (including phenoxy) is 1. The molecule has 1 atom stereocenters. The van der Waals surface area contributed by atoms with E-state index in [0.29, 0.717) is 35.2 Å². The van der Waals surface area contributed by atoms with Gasteiger partial charge in [0.05, 0.1) is 7.11 Å². The molecule has 1 saturated carbocycles. The van der Waals surface area contributed by atoms with Gasteiger partial charge in [-0.05, 0) is 61.2 Å². The Morgan fingerprint density at radius 2 is 1.89 bits per heavy atom. The van der Waals surface area contributed by atoms with Gasteiger partial charge in [-0.1, -0.05) is 31.4 Å². The molecule has 8 heteroatoms. The Hall–Kier alpha value is -3.65. The standard InChI is InChI=1S/C30H35N3O5/c1-19(34)32-29(36)30(2,18-33-17-21-10-11-24(37-3)15-25(21)28(33)35)27-14-22-13-20(9-12-26(22)38-27)16-31-23-7-5-4-6-8-23/h9-15,23,31H,4-8,16-18H2,1-3H3,(H,32,34,36)/t30-/m1/s1. The SMILES string of the molecule is COc1ccc2c(c1)C(=O)N(C[C@@](C)(C(=O)NC(C)=O)c1cc3cc(CNC4CCCCC4)ccc3o1)C2. The summed E-state index contributed by atoms with van der Waals surface area (Å²) < 4.78 is 11.5. The second kappa shape index (κ2) is 10.6. The van der Waals surface area contributed by atoms with Crippen LogP contribution in [0.4, 0.5) is 0 Å². The Morgan fingerprint density at radius 3 is 2.63 bits per heavy atom. The zero-order chi connectivity index (χ0) is 26.9. The average Bonchev–Trinajstić information content (AvgIpc) is 3.48. The number of carbonyl (C=O) groups excluding carboxylic acids is 3. The highest BCUT2D eigenvalue weighted by Gasteiger charge is 2.43. The Labute approximate surface area is 222 Å². The fourth-order valence-electron chi connectivity index (χ4n) is 5.58. The molecule has 5 rings (SSSR count). The number of nitrogens with one attached hydrogen (secondary N) is 2. The van der Waals surface area contributed by atoms with Crippen molar-refractivity contribution in [1.29, 1.82) is 0 Å². The van der Waals surface area contributed by atoms with Crippen LogP contribution in [0.3, 0.4) is 0 Å². The summed E-state index contributed by atoms with van der Waals surface area (Å²) in [4.78, 5) is 40.1. The van der Waals surface area contributed by atoms with Crippen LogP contribution in [0, 0.1) is 0 Å². The third kappa shape index (κ3) is 5.18. The number of benzene rings is 2. The van der Waals surface area contributed by atoms with Gasteiger partial charge in [-0.3, -0.25) is 19.7 Å². The molecule has 8 nitrogen and oxygen atoms in total. The molecule has 0 radical (unpaired) electrons. The van der Waals surface area contributed by atoms with Crippen molar-refractivity contribution in [3.8, 4) is 5.75 Å². The Balaban J connectivity index is 1.41. The third-order valence-electron chi connectivity index (χ3n) is 7.82. The summed E-state index contributed by atoms with van der Waals surface area (Å²) in [5.74, 6) is -0.154. The molecule has 3 amide bonds. The normalized spacial score (nSPS) is 17.3. The molecule has 200 valence electrons. The van der Waals surface area contributed by atoms with E-state index in [1.165, 1.54) is 39.0 Å². The molecule has 0 saturated heterocycles. The number of fused-ring (bicyclic) bond motifs is 2. The van der Waals surface area contributed by atoms with Gasteiger partial charge in [0.25, 0.3) is 5.91 Å². The minimum atomic E-state index is -1.28. The summed E-state index contributed by atoms with van der Waals surface area (Å²) in [6, 6.07) is 13.8. The van der Waals surface area contributed by atoms with Crippen molar-refractivity contribution in [2.75, 3.05) is 13.7 Å². The zero-order valence-corrected chi connectivity index (χ0v) is 22.3. The lowest BCUT2D eigenvalue weighted by atomic mass is 9.85. The van der Waals surface area contributed by atoms with Gasteiger partial charge in [0.1, 0.15) is 22.5 Å². The maximum atomic E-state index is 13.4. The van der Waals surface area contributed by atoms with Crippen molar-refractivity contribution in [3.05, 3.63) is 64.9 Å². The molecule has 0 spiro atoms. The van der Waals surface area contributed by atoms with E-state index in [1.54, 1.807) is 25.0 Å². The van der Waals surface area contributed by atoms with E-state index in [9.17, 15) is 14.4 Å². The lowest BCUT2D eigenvalue weighted by Crippen LogP contribution is -2.50. The van der Waals surface area contributed by atoms with Gasteiger partial charge in [-0.2, -0.15) is 0 Å². The first kappa shape index (κ1) is 26.0. The number of furan rings is 1. The van der Waals surface area contributed by atoms with Crippen molar-refractivity contribution < 1.29 is 23.5 Å². The van der Waals surface area contributed by atoms with E-state index in [2.05, 4.69) is 16.7 Å². The van der Waals surface area contributed by atoms with Gasteiger partial charge in [0.15, 0.2) is 0 Å². The summed E-state index contributed by atoms with van der Waals surface area (Å²) in [5, 5.41) is 6.96. The van der Waals surface area contributed by atoms with E-state index in [0.717, 1.165) is 23.1 Å². The van der Waals surface area contributed by atoms with E-state index in [1.807, 2.05) is 30.3 Å². The number of imide groups is 1. The highest BCUT2D eigenvalue weighted by Crippen LogP contribution is 2.35. The third-order valence-corrected chi connectivity index (χ3v) is 7.82. The molecule has 2 N–H and O–H groups in total. The Kier molecular flexibility index (Phi) is 7.25. The smallest absolute Gasteiger partial charge is 0.254 e. The van der Waals surface area contributed by atoms with E-state index in [4.69, 9.17) is 9.15 Å². The van der Waals surface area contributed by atoms with Crippen LogP contribution < -0.4 is 15.4 Å². The highest BCUT2D eigenvalue weighted by atomic mass is 16.5. The lowest BCUT2D eigenvalue weighted by molar-refractivity contribution is -0.133. The average molecular weight is 518 g/mol. The molecular weight excluding hydrogens is 482 g/mol. The molecule has 0 unspecified atom stereocenters. The fraction of sp³-hybridized carbons (Fsp3) is 0.433. The van der Waals surface area contributed by atoms with E-state index < -0.39 is 17.2 Å². The largest absolute Gasteiger partial charge is 0.497 e. The summed E-state index contributed by atoms with van der Waals surface area (Å²) in [6.45, 7) is 4.19. The molecule has 2 heterocycles. The van der Waals surface area contributed by atoms with Crippen LogP contribution >= 0.6 is 0 Å². The van der Waals surface area contributed by atoms with Crippen molar-refractivity contribution in [1.82, 2.24) is 15.5 Å². The molecule has 2 aromatic carbocycles. The number of rotatable bonds is 8. The van der Waals surface area contributed by atoms with Gasteiger partial charge in [0, 0.05) is 43.5 Å².